The molecule has 1 saturated carbocycles. The van der Waals surface area contributed by atoms with Gasteiger partial charge < -0.3 is 5.11 Å². The van der Waals surface area contributed by atoms with Crippen molar-refractivity contribution in [1.29, 1.82) is 0 Å². The summed E-state index contributed by atoms with van der Waals surface area (Å²) in [6.45, 7) is 1.61. The maximum absolute atomic E-state index is 11.5. The Balaban J connectivity index is 2.51. The summed E-state index contributed by atoms with van der Waals surface area (Å²) in [6.07, 6.45) is 1.79. The average molecular weight is 255 g/mol. The molecule has 1 aromatic carbocycles. The number of Topliss-reactive ketones (excluding diaryl/α,β-unsaturated/α-hetero) is 1. The van der Waals surface area contributed by atoms with Crippen molar-refractivity contribution in [2.24, 2.45) is 0 Å². The highest BCUT2D eigenvalue weighted by Crippen LogP contribution is 2.51. The lowest BCUT2D eigenvalue weighted by Gasteiger charge is -2.13. The Bertz CT molecular complexity index is 394. The van der Waals surface area contributed by atoms with Crippen molar-refractivity contribution in [3.8, 4) is 5.75 Å². The van der Waals surface area contributed by atoms with Crippen LogP contribution in [0.5, 0.6) is 5.75 Å². The van der Waals surface area contributed by atoms with Crippen molar-refractivity contribution in [2.75, 3.05) is 0 Å². The summed E-state index contributed by atoms with van der Waals surface area (Å²) in [5.41, 5.74) is 0.599. The van der Waals surface area contributed by atoms with Crippen molar-refractivity contribution < 1.29 is 9.90 Å². The number of ketones is 1. The quantitative estimate of drug-likeness (QED) is 0.882. The molecule has 3 heteroatoms. The molecule has 1 fully saturated rings. The van der Waals surface area contributed by atoms with Gasteiger partial charge in [-0.2, -0.15) is 0 Å². The number of hydrogen-bond acceptors (Lipinski definition) is 2. The van der Waals surface area contributed by atoms with Crippen molar-refractivity contribution in [1.82, 2.24) is 0 Å². The first-order valence-corrected chi connectivity index (χ1v) is 5.35. The van der Waals surface area contributed by atoms with Crippen LogP contribution in [0.4, 0.5) is 0 Å². The van der Waals surface area contributed by atoms with Gasteiger partial charge in [-0.25, -0.2) is 0 Å². The summed E-state index contributed by atoms with van der Waals surface area (Å²) in [4.78, 5) is 11.5. The Morgan fingerprint density at radius 1 is 1.50 bits per heavy atom. The molecule has 0 spiro atoms. The molecule has 0 heterocycles. The number of benzene rings is 1. The first kappa shape index (κ1) is 9.71. The Kier molecular flexibility index (Phi) is 2.14. The van der Waals surface area contributed by atoms with Gasteiger partial charge in [0.25, 0.3) is 0 Å². The van der Waals surface area contributed by atoms with E-state index in [4.69, 9.17) is 0 Å². The molecule has 2 nitrogen and oxygen atoms in total. The highest BCUT2D eigenvalue weighted by molar-refractivity contribution is 9.10. The molecule has 0 amide bonds. The Hall–Kier alpha value is -0.830. The van der Waals surface area contributed by atoms with Gasteiger partial charge in [0.05, 0.1) is 5.41 Å². The van der Waals surface area contributed by atoms with Gasteiger partial charge in [0, 0.05) is 4.47 Å². The number of halogens is 1. The van der Waals surface area contributed by atoms with Crippen LogP contribution in [0.3, 0.4) is 0 Å². The summed E-state index contributed by atoms with van der Waals surface area (Å²) < 4.78 is 0.906. The molecule has 1 aliphatic carbocycles. The van der Waals surface area contributed by atoms with Gasteiger partial charge in [-0.05, 0) is 43.5 Å². The van der Waals surface area contributed by atoms with Crippen molar-refractivity contribution in [3.05, 3.63) is 28.2 Å². The topological polar surface area (TPSA) is 37.3 Å². The molecule has 0 aromatic heterocycles. The Morgan fingerprint density at radius 3 is 2.64 bits per heavy atom. The molecular formula is C11H11BrO2. The predicted octanol–water partition coefficient (Wildman–Crippen LogP) is 2.78. The maximum Gasteiger partial charge on any atom is 0.140 e. The summed E-state index contributed by atoms with van der Waals surface area (Å²) >= 11 is 3.41. The van der Waals surface area contributed by atoms with E-state index in [0.29, 0.717) is 0 Å². The number of rotatable bonds is 2. The maximum atomic E-state index is 11.5. The number of phenolic OH excluding ortho intramolecular Hbond substituents is 1. The second kappa shape index (κ2) is 3.09. The third-order valence-corrected chi connectivity index (χ3v) is 3.58. The van der Waals surface area contributed by atoms with Gasteiger partial charge in [0.1, 0.15) is 11.5 Å². The lowest BCUT2D eigenvalue weighted by atomic mass is 9.92. The normalized spacial score (nSPS) is 17.9. The van der Waals surface area contributed by atoms with Gasteiger partial charge >= 0.3 is 0 Å². The summed E-state index contributed by atoms with van der Waals surface area (Å²) in [7, 11) is 0. The van der Waals surface area contributed by atoms with Gasteiger partial charge in [-0.15, -0.1) is 0 Å². The summed E-state index contributed by atoms with van der Waals surface area (Å²) in [6, 6.07) is 5.08. The molecular weight excluding hydrogens is 244 g/mol. The second-order valence-corrected chi connectivity index (χ2v) is 4.66. The molecule has 1 aromatic rings. The van der Waals surface area contributed by atoms with Crippen LogP contribution in [0, 0.1) is 0 Å². The van der Waals surface area contributed by atoms with E-state index in [1.165, 1.54) is 0 Å². The summed E-state index contributed by atoms with van der Waals surface area (Å²) in [5, 5.41) is 9.38. The first-order chi connectivity index (χ1) is 6.56. The fourth-order valence-electron chi connectivity index (χ4n) is 1.82. The Labute approximate surface area is 91.1 Å². The first-order valence-electron chi connectivity index (χ1n) is 4.56. The Morgan fingerprint density at radius 2 is 2.14 bits per heavy atom. The zero-order chi connectivity index (χ0) is 10.3. The molecule has 0 unspecified atom stereocenters. The number of carbonyl (C=O) groups is 1. The van der Waals surface area contributed by atoms with Crippen molar-refractivity contribution >= 4 is 21.7 Å². The highest BCUT2D eigenvalue weighted by atomic mass is 79.9. The van der Waals surface area contributed by atoms with Gasteiger partial charge in [0.15, 0.2) is 0 Å². The molecule has 74 valence electrons. The van der Waals surface area contributed by atoms with Crippen molar-refractivity contribution in [3.63, 3.8) is 0 Å². The monoisotopic (exact) mass is 254 g/mol. The van der Waals surface area contributed by atoms with Crippen LogP contribution in [0.25, 0.3) is 0 Å². The zero-order valence-corrected chi connectivity index (χ0v) is 9.47. The van der Waals surface area contributed by atoms with Gasteiger partial charge in [0.2, 0.25) is 0 Å². The fraction of sp³-hybridized carbons (Fsp3) is 0.364. The number of hydrogen-bond donors (Lipinski definition) is 1. The lowest BCUT2D eigenvalue weighted by molar-refractivity contribution is -0.119. The molecule has 14 heavy (non-hydrogen) atoms. The van der Waals surface area contributed by atoms with E-state index in [9.17, 15) is 9.90 Å². The van der Waals surface area contributed by atoms with Crippen LogP contribution in [0.2, 0.25) is 0 Å². The third-order valence-electron chi connectivity index (χ3n) is 2.89. The van der Waals surface area contributed by atoms with E-state index in [1.54, 1.807) is 25.1 Å². The van der Waals surface area contributed by atoms with E-state index >= 15 is 0 Å². The molecule has 0 aliphatic heterocycles. The SMILES string of the molecule is CC(=O)C1(c2cc(O)ccc2Br)CC1. The molecule has 0 radical (unpaired) electrons. The second-order valence-electron chi connectivity index (χ2n) is 3.80. The fourth-order valence-corrected chi connectivity index (χ4v) is 2.44. The summed E-state index contributed by atoms with van der Waals surface area (Å²) in [5.74, 6) is 0.402. The van der Waals surface area contributed by atoms with E-state index in [1.807, 2.05) is 0 Å². The number of phenols is 1. The lowest BCUT2D eigenvalue weighted by Crippen LogP contribution is -2.17. The van der Waals surface area contributed by atoms with Gasteiger partial charge in [-0.1, -0.05) is 15.9 Å². The van der Waals surface area contributed by atoms with E-state index in [-0.39, 0.29) is 16.9 Å². The largest absolute Gasteiger partial charge is 0.508 e. The third kappa shape index (κ3) is 1.36. The minimum absolute atomic E-state index is 0.184. The molecule has 0 saturated heterocycles. The average Bonchev–Trinajstić information content (AvgIpc) is 2.90. The predicted molar refractivity (Wildman–Crippen MR) is 57.4 cm³/mol. The van der Waals surface area contributed by atoms with Crippen LogP contribution in [-0.4, -0.2) is 10.9 Å². The molecule has 0 atom stereocenters. The van der Waals surface area contributed by atoms with E-state index in [0.717, 1.165) is 22.9 Å². The minimum atomic E-state index is -0.322. The van der Waals surface area contributed by atoms with Crippen LogP contribution in [0.15, 0.2) is 22.7 Å². The number of aromatic hydroxyl groups is 1. The van der Waals surface area contributed by atoms with Gasteiger partial charge in [-0.3, -0.25) is 4.79 Å². The minimum Gasteiger partial charge on any atom is -0.508 e. The standard InChI is InChI=1S/C11H11BrO2/c1-7(13)11(4-5-11)9-6-8(14)2-3-10(9)12/h2-3,6,14H,4-5H2,1H3. The van der Waals surface area contributed by atoms with Crippen molar-refractivity contribution in [2.45, 2.75) is 25.2 Å². The zero-order valence-electron chi connectivity index (χ0n) is 7.88. The molecule has 1 aliphatic rings. The molecule has 2 rings (SSSR count). The highest BCUT2D eigenvalue weighted by Gasteiger charge is 2.49. The number of carbonyl (C=O) groups excluding carboxylic acids is 1. The van der Waals surface area contributed by atoms with Crippen LogP contribution in [0.1, 0.15) is 25.3 Å². The van der Waals surface area contributed by atoms with E-state index < -0.39 is 0 Å². The van der Waals surface area contributed by atoms with E-state index in [2.05, 4.69) is 15.9 Å². The molecule has 0 bridgehead atoms. The molecule has 1 N–H and O–H groups in total. The van der Waals surface area contributed by atoms with Crippen LogP contribution >= 0.6 is 15.9 Å². The van der Waals surface area contributed by atoms with Crippen LogP contribution in [-0.2, 0) is 10.2 Å². The van der Waals surface area contributed by atoms with Crippen LogP contribution < -0.4 is 0 Å². The smallest absolute Gasteiger partial charge is 0.140 e.